The van der Waals surface area contributed by atoms with Crippen molar-refractivity contribution in [2.45, 2.75) is 59.0 Å². The molecule has 2 N–H and O–H groups in total. The summed E-state index contributed by atoms with van der Waals surface area (Å²) in [6.07, 6.45) is 3.76. The third-order valence-corrected chi connectivity index (χ3v) is 5.47. The minimum atomic E-state index is -0.0489. The SMILES string of the molecule is CCNC(=NCc1csc(CCc2ccccc2)n1)NCc1ncc(C(C)(C)C)o1. The lowest BCUT2D eigenvalue weighted by Gasteiger charge is -2.13. The molecule has 0 aliphatic heterocycles. The van der Waals surface area contributed by atoms with Crippen molar-refractivity contribution in [3.8, 4) is 0 Å². The normalized spacial score (nSPS) is 12.2. The van der Waals surface area contributed by atoms with Gasteiger partial charge in [0, 0.05) is 23.8 Å². The first kappa shape index (κ1) is 22.0. The number of guanidine groups is 1. The average Bonchev–Trinajstić information content (AvgIpc) is 3.39. The number of nitrogens with one attached hydrogen (secondary N) is 2. The number of thiazole rings is 1. The predicted molar refractivity (Wildman–Crippen MR) is 123 cm³/mol. The van der Waals surface area contributed by atoms with E-state index in [1.54, 1.807) is 17.5 Å². The lowest BCUT2D eigenvalue weighted by molar-refractivity contribution is 0.379. The maximum absolute atomic E-state index is 5.84. The van der Waals surface area contributed by atoms with E-state index in [0.717, 1.165) is 41.8 Å². The summed E-state index contributed by atoms with van der Waals surface area (Å²) in [5.74, 6) is 2.26. The molecule has 2 aromatic heterocycles. The van der Waals surface area contributed by atoms with E-state index in [1.165, 1.54) is 5.56 Å². The predicted octanol–water partition coefficient (Wildman–Crippen LogP) is 4.47. The minimum Gasteiger partial charge on any atom is -0.443 e. The minimum absolute atomic E-state index is 0.0489. The van der Waals surface area contributed by atoms with Crippen LogP contribution in [0.1, 0.15) is 55.6 Å². The molecule has 0 saturated carbocycles. The molecule has 0 saturated heterocycles. The van der Waals surface area contributed by atoms with Crippen molar-refractivity contribution in [1.82, 2.24) is 20.6 Å². The Balaban J connectivity index is 1.53. The van der Waals surface area contributed by atoms with Gasteiger partial charge in [-0.05, 0) is 18.9 Å². The molecule has 0 aliphatic carbocycles. The largest absolute Gasteiger partial charge is 0.443 e. The van der Waals surface area contributed by atoms with Crippen LogP contribution in [0.3, 0.4) is 0 Å². The van der Waals surface area contributed by atoms with E-state index < -0.39 is 0 Å². The van der Waals surface area contributed by atoms with E-state index in [4.69, 9.17) is 9.40 Å². The Labute approximate surface area is 182 Å². The van der Waals surface area contributed by atoms with Crippen LogP contribution < -0.4 is 10.6 Å². The van der Waals surface area contributed by atoms with Crippen LogP contribution in [-0.2, 0) is 31.3 Å². The molecule has 7 heteroatoms. The Hall–Kier alpha value is -2.67. The van der Waals surface area contributed by atoms with Gasteiger partial charge in [0.25, 0.3) is 0 Å². The van der Waals surface area contributed by atoms with Crippen LogP contribution >= 0.6 is 11.3 Å². The number of hydrogen-bond donors (Lipinski definition) is 2. The second-order valence-corrected chi connectivity index (χ2v) is 9.08. The Morgan fingerprint density at radius 3 is 2.63 bits per heavy atom. The zero-order valence-corrected chi connectivity index (χ0v) is 19.1. The Morgan fingerprint density at radius 2 is 1.93 bits per heavy atom. The van der Waals surface area contributed by atoms with Gasteiger partial charge in [-0.1, -0.05) is 51.1 Å². The van der Waals surface area contributed by atoms with E-state index in [2.05, 4.69) is 71.0 Å². The van der Waals surface area contributed by atoms with Gasteiger partial charge in [0.15, 0.2) is 5.96 Å². The van der Waals surface area contributed by atoms with Crippen molar-refractivity contribution >= 4 is 17.3 Å². The Morgan fingerprint density at radius 1 is 1.13 bits per heavy atom. The fraction of sp³-hybridized carbons (Fsp3) is 0.435. The first-order valence-electron chi connectivity index (χ1n) is 10.4. The summed E-state index contributed by atoms with van der Waals surface area (Å²) in [5.41, 5.74) is 2.28. The molecule has 1 aromatic carbocycles. The van der Waals surface area contributed by atoms with Crippen molar-refractivity contribution in [1.29, 1.82) is 0 Å². The van der Waals surface area contributed by atoms with E-state index in [-0.39, 0.29) is 5.41 Å². The van der Waals surface area contributed by atoms with Gasteiger partial charge in [-0.15, -0.1) is 11.3 Å². The molecule has 30 heavy (non-hydrogen) atoms. The van der Waals surface area contributed by atoms with Gasteiger partial charge in [-0.3, -0.25) is 0 Å². The Bertz CT molecular complexity index is 940. The second kappa shape index (κ2) is 10.4. The van der Waals surface area contributed by atoms with Gasteiger partial charge in [-0.25, -0.2) is 15.0 Å². The summed E-state index contributed by atoms with van der Waals surface area (Å²) in [7, 11) is 0. The number of nitrogens with zero attached hydrogens (tertiary/aromatic N) is 3. The molecule has 160 valence electrons. The molecule has 0 fully saturated rings. The molecule has 2 heterocycles. The number of oxazole rings is 1. The van der Waals surface area contributed by atoms with Crippen LogP contribution in [0.15, 0.2) is 51.3 Å². The van der Waals surface area contributed by atoms with Gasteiger partial charge < -0.3 is 15.1 Å². The molecule has 0 radical (unpaired) electrons. The Kier molecular flexibility index (Phi) is 7.63. The van der Waals surface area contributed by atoms with Gasteiger partial charge in [0.05, 0.1) is 30.0 Å². The highest BCUT2D eigenvalue weighted by atomic mass is 32.1. The van der Waals surface area contributed by atoms with Crippen LogP contribution in [-0.4, -0.2) is 22.5 Å². The fourth-order valence-electron chi connectivity index (χ4n) is 2.83. The molecular weight excluding hydrogens is 394 g/mol. The fourth-order valence-corrected chi connectivity index (χ4v) is 3.62. The van der Waals surface area contributed by atoms with Crippen molar-refractivity contribution < 1.29 is 4.42 Å². The maximum atomic E-state index is 5.84. The zero-order valence-electron chi connectivity index (χ0n) is 18.2. The standard InChI is InChI=1S/C23H31N5OS/c1-5-24-22(27-15-20-25-14-19(29-20)23(2,3)4)26-13-18-16-30-21(28-18)12-11-17-9-7-6-8-10-17/h6-10,14,16H,5,11-13,15H2,1-4H3,(H2,24,26,27). The van der Waals surface area contributed by atoms with Crippen molar-refractivity contribution in [2.24, 2.45) is 4.99 Å². The number of benzene rings is 1. The number of aryl methyl sites for hydroxylation is 2. The second-order valence-electron chi connectivity index (χ2n) is 8.14. The molecular formula is C23H31N5OS. The van der Waals surface area contributed by atoms with E-state index in [9.17, 15) is 0 Å². The van der Waals surface area contributed by atoms with Gasteiger partial charge in [-0.2, -0.15) is 0 Å². The molecule has 0 aliphatic rings. The lowest BCUT2D eigenvalue weighted by atomic mass is 9.94. The number of aliphatic imine (C=N–C) groups is 1. The topological polar surface area (TPSA) is 75.3 Å². The molecule has 3 aromatic rings. The lowest BCUT2D eigenvalue weighted by Crippen LogP contribution is -2.36. The van der Waals surface area contributed by atoms with Gasteiger partial charge in [0.1, 0.15) is 5.76 Å². The average molecular weight is 426 g/mol. The molecule has 0 unspecified atom stereocenters. The zero-order chi connectivity index (χ0) is 21.4. The highest BCUT2D eigenvalue weighted by Gasteiger charge is 2.19. The summed E-state index contributed by atoms with van der Waals surface area (Å²) < 4.78 is 5.84. The third kappa shape index (κ3) is 6.69. The molecule has 0 amide bonds. The third-order valence-electron chi connectivity index (χ3n) is 4.51. The van der Waals surface area contributed by atoms with Gasteiger partial charge in [0.2, 0.25) is 5.89 Å². The maximum Gasteiger partial charge on any atom is 0.213 e. The van der Waals surface area contributed by atoms with Crippen LogP contribution in [0.4, 0.5) is 0 Å². The summed E-state index contributed by atoms with van der Waals surface area (Å²) in [6.45, 7) is 10.2. The first-order chi connectivity index (χ1) is 14.4. The van der Waals surface area contributed by atoms with Crippen molar-refractivity contribution in [3.63, 3.8) is 0 Å². The number of rotatable bonds is 8. The summed E-state index contributed by atoms with van der Waals surface area (Å²) in [6, 6.07) is 10.5. The molecule has 0 spiro atoms. The van der Waals surface area contributed by atoms with E-state index in [0.29, 0.717) is 19.0 Å². The smallest absolute Gasteiger partial charge is 0.213 e. The van der Waals surface area contributed by atoms with Crippen molar-refractivity contribution in [3.05, 3.63) is 69.8 Å². The quantitative estimate of drug-likeness (QED) is 0.411. The van der Waals surface area contributed by atoms with Crippen LogP contribution in [0, 0.1) is 0 Å². The van der Waals surface area contributed by atoms with Gasteiger partial charge >= 0.3 is 0 Å². The first-order valence-corrected chi connectivity index (χ1v) is 11.3. The highest BCUT2D eigenvalue weighted by Crippen LogP contribution is 2.22. The monoisotopic (exact) mass is 425 g/mol. The summed E-state index contributed by atoms with van der Waals surface area (Å²) in [5, 5.41) is 9.79. The molecule has 0 bridgehead atoms. The summed E-state index contributed by atoms with van der Waals surface area (Å²) >= 11 is 1.70. The molecule has 0 atom stereocenters. The van der Waals surface area contributed by atoms with E-state index >= 15 is 0 Å². The number of hydrogen-bond acceptors (Lipinski definition) is 5. The van der Waals surface area contributed by atoms with Crippen LogP contribution in [0.5, 0.6) is 0 Å². The highest BCUT2D eigenvalue weighted by molar-refractivity contribution is 7.09. The van der Waals surface area contributed by atoms with E-state index in [1.807, 2.05) is 13.0 Å². The molecule has 6 nitrogen and oxygen atoms in total. The van der Waals surface area contributed by atoms with Crippen LogP contribution in [0.25, 0.3) is 0 Å². The summed E-state index contributed by atoms with van der Waals surface area (Å²) in [4.78, 5) is 13.7. The molecule has 3 rings (SSSR count). The van der Waals surface area contributed by atoms with Crippen LogP contribution in [0.2, 0.25) is 0 Å². The number of aromatic nitrogens is 2. The van der Waals surface area contributed by atoms with Crippen molar-refractivity contribution in [2.75, 3.05) is 6.54 Å².